The molecule has 0 saturated heterocycles. The van der Waals surface area contributed by atoms with Crippen molar-refractivity contribution in [2.24, 2.45) is 20.9 Å². The molecule has 0 aliphatic rings. The molecule has 0 rings (SSSR count). The molecule has 0 aromatic rings. The van der Waals surface area contributed by atoms with Crippen molar-refractivity contribution in [3.8, 4) is 0 Å². The SMILES string of the molecule is C=N/C(CC(C)=NC)=N\OCN. The molecule has 5 heteroatoms. The van der Waals surface area contributed by atoms with Gasteiger partial charge in [0.1, 0.15) is 0 Å². The number of aliphatic imine (C=N–C) groups is 2. The van der Waals surface area contributed by atoms with Crippen LogP contribution >= 0.6 is 0 Å². The van der Waals surface area contributed by atoms with Gasteiger partial charge in [-0.3, -0.25) is 10.7 Å². The Morgan fingerprint density at radius 2 is 2.25 bits per heavy atom. The van der Waals surface area contributed by atoms with Crippen LogP contribution in [0.3, 0.4) is 0 Å². The van der Waals surface area contributed by atoms with Crippen LogP contribution in [0, 0.1) is 0 Å². The summed E-state index contributed by atoms with van der Waals surface area (Å²) in [5.41, 5.74) is 5.99. The first-order chi connectivity index (χ1) is 5.74. The Kier molecular flexibility index (Phi) is 5.81. The standard InChI is InChI=1S/C7H14N4O/c1-6(9-2)4-7(10-3)11-12-5-8/h3-5,8H2,1-2H3/b9-6?,11-7-. The highest BCUT2D eigenvalue weighted by atomic mass is 16.6. The van der Waals surface area contributed by atoms with Gasteiger partial charge in [-0.25, -0.2) is 4.99 Å². The third-order valence-corrected chi connectivity index (χ3v) is 1.22. The normalized spacial score (nSPS) is 12.9. The van der Waals surface area contributed by atoms with Crippen LogP contribution in [0.5, 0.6) is 0 Å². The molecule has 0 aliphatic carbocycles. The molecule has 0 aromatic heterocycles. The maximum absolute atomic E-state index is 5.07. The second kappa shape index (κ2) is 6.48. The molecule has 0 spiro atoms. The van der Waals surface area contributed by atoms with Crippen molar-refractivity contribution in [1.29, 1.82) is 0 Å². The number of oxime groups is 1. The fraction of sp³-hybridized carbons (Fsp3) is 0.571. The van der Waals surface area contributed by atoms with Gasteiger partial charge in [-0.2, -0.15) is 0 Å². The number of nitrogens with zero attached hydrogens (tertiary/aromatic N) is 3. The molecule has 12 heavy (non-hydrogen) atoms. The van der Waals surface area contributed by atoms with E-state index in [0.29, 0.717) is 12.3 Å². The molecule has 5 nitrogen and oxygen atoms in total. The van der Waals surface area contributed by atoms with E-state index in [1.165, 1.54) is 0 Å². The van der Waals surface area contributed by atoms with E-state index in [0.717, 1.165) is 5.71 Å². The number of hydrogen-bond donors (Lipinski definition) is 1. The summed E-state index contributed by atoms with van der Waals surface area (Å²) >= 11 is 0. The molecule has 0 unspecified atom stereocenters. The van der Waals surface area contributed by atoms with Gasteiger partial charge in [0.05, 0.1) is 0 Å². The Labute approximate surface area is 72.0 Å². The minimum absolute atomic E-state index is 0.0430. The largest absolute Gasteiger partial charge is 0.379 e. The zero-order valence-corrected chi connectivity index (χ0v) is 7.45. The maximum atomic E-state index is 5.07. The van der Waals surface area contributed by atoms with Gasteiger partial charge in [-0.05, 0) is 13.6 Å². The van der Waals surface area contributed by atoms with Gasteiger partial charge < -0.3 is 4.84 Å². The van der Waals surface area contributed by atoms with E-state index in [9.17, 15) is 0 Å². The van der Waals surface area contributed by atoms with E-state index < -0.39 is 0 Å². The Bertz CT molecular complexity index is 198. The van der Waals surface area contributed by atoms with Crippen LogP contribution < -0.4 is 5.73 Å². The third kappa shape index (κ3) is 4.56. The minimum Gasteiger partial charge on any atom is -0.379 e. The van der Waals surface area contributed by atoms with Gasteiger partial charge in [-0.1, -0.05) is 5.16 Å². The highest BCUT2D eigenvalue weighted by Crippen LogP contribution is 1.92. The lowest BCUT2D eigenvalue weighted by Gasteiger charge is -1.98. The molecule has 0 radical (unpaired) electrons. The van der Waals surface area contributed by atoms with Gasteiger partial charge in [0.15, 0.2) is 12.6 Å². The molecule has 2 N–H and O–H groups in total. The Hall–Kier alpha value is -1.23. The maximum Gasteiger partial charge on any atom is 0.172 e. The van der Waals surface area contributed by atoms with Gasteiger partial charge in [0.25, 0.3) is 0 Å². The Balaban J connectivity index is 4.07. The summed E-state index contributed by atoms with van der Waals surface area (Å²) < 4.78 is 0. The van der Waals surface area contributed by atoms with Crippen LogP contribution in [0.2, 0.25) is 0 Å². The molecule has 0 amide bonds. The first-order valence-electron chi connectivity index (χ1n) is 3.52. The molecule has 0 fully saturated rings. The van der Waals surface area contributed by atoms with Crippen molar-refractivity contribution >= 4 is 18.3 Å². The van der Waals surface area contributed by atoms with Gasteiger partial charge >= 0.3 is 0 Å². The summed E-state index contributed by atoms with van der Waals surface area (Å²) in [5, 5.41) is 3.63. The summed E-state index contributed by atoms with van der Waals surface area (Å²) in [6.45, 7) is 5.27. The van der Waals surface area contributed by atoms with Crippen LogP contribution in [0.25, 0.3) is 0 Å². The van der Waals surface area contributed by atoms with Crippen LogP contribution in [0.4, 0.5) is 0 Å². The van der Waals surface area contributed by atoms with Gasteiger partial charge in [-0.15, -0.1) is 0 Å². The van der Waals surface area contributed by atoms with Crippen molar-refractivity contribution < 1.29 is 4.84 Å². The summed E-state index contributed by atoms with van der Waals surface area (Å²) in [6, 6.07) is 0. The summed E-state index contributed by atoms with van der Waals surface area (Å²) in [6.07, 6.45) is 0.542. The minimum atomic E-state index is 0.0430. The zero-order chi connectivity index (χ0) is 9.40. The molecular weight excluding hydrogens is 156 g/mol. The fourth-order valence-corrected chi connectivity index (χ4v) is 0.537. The summed E-state index contributed by atoms with van der Waals surface area (Å²) in [5.74, 6) is 0.489. The van der Waals surface area contributed by atoms with Crippen molar-refractivity contribution in [1.82, 2.24) is 0 Å². The van der Waals surface area contributed by atoms with Crippen molar-refractivity contribution in [3.05, 3.63) is 0 Å². The molecule has 0 aliphatic heterocycles. The summed E-state index contributed by atoms with van der Waals surface area (Å²) in [4.78, 5) is 12.2. The lowest BCUT2D eigenvalue weighted by Crippen LogP contribution is -2.06. The van der Waals surface area contributed by atoms with Crippen LogP contribution in [0.1, 0.15) is 13.3 Å². The first-order valence-corrected chi connectivity index (χ1v) is 3.52. The zero-order valence-electron chi connectivity index (χ0n) is 7.45. The van der Waals surface area contributed by atoms with E-state index in [1.54, 1.807) is 7.05 Å². The molecule has 0 heterocycles. The van der Waals surface area contributed by atoms with E-state index in [4.69, 9.17) is 5.73 Å². The fourth-order valence-electron chi connectivity index (χ4n) is 0.537. The predicted octanol–water partition coefficient (Wildman–Crippen LogP) is 0.414. The quantitative estimate of drug-likeness (QED) is 0.287. The van der Waals surface area contributed by atoms with E-state index >= 15 is 0 Å². The van der Waals surface area contributed by atoms with Crippen LogP contribution in [-0.4, -0.2) is 32.0 Å². The number of nitrogens with two attached hydrogens (primary N) is 1. The van der Waals surface area contributed by atoms with Gasteiger partial charge in [0.2, 0.25) is 0 Å². The van der Waals surface area contributed by atoms with E-state index in [1.807, 2.05) is 6.92 Å². The molecule has 0 bridgehead atoms. The van der Waals surface area contributed by atoms with Crippen molar-refractivity contribution in [2.75, 3.05) is 13.8 Å². The smallest absolute Gasteiger partial charge is 0.172 e. The summed E-state index contributed by atoms with van der Waals surface area (Å²) in [7, 11) is 1.71. The average Bonchev–Trinajstić information content (AvgIpc) is 2.11. The Morgan fingerprint density at radius 3 is 2.67 bits per heavy atom. The van der Waals surface area contributed by atoms with Crippen molar-refractivity contribution in [3.63, 3.8) is 0 Å². The highest BCUT2D eigenvalue weighted by Gasteiger charge is 1.98. The second-order valence-corrected chi connectivity index (χ2v) is 2.10. The average molecular weight is 170 g/mol. The lowest BCUT2D eigenvalue weighted by atomic mass is 10.3. The molecule has 0 aromatic carbocycles. The van der Waals surface area contributed by atoms with Crippen LogP contribution in [0.15, 0.2) is 15.1 Å². The number of hydrogen-bond acceptors (Lipinski definition) is 4. The highest BCUT2D eigenvalue weighted by molar-refractivity contribution is 6.03. The first kappa shape index (κ1) is 10.8. The van der Waals surface area contributed by atoms with E-state index in [2.05, 4.69) is 26.7 Å². The van der Waals surface area contributed by atoms with Crippen molar-refractivity contribution in [2.45, 2.75) is 13.3 Å². The number of amidine groups is 1. The Morgan fingerprint density at radius 1 is 1.58 bits per heavy atom. The monoisotopic (exact) mass is 170 g/mol. The van der Waals surface area contributed by atoms with E-state index in [-0.39, 0.29) is 6.73 Å². The molecular formula is C7H14N4O. The molecule has 0 atom stereocenters. The third-order valence-electron chi connectivity index (χ3n) is 1.22. The van der Waals surface area contributed by atoms with Gasteiger partial charge in [0, 0.05) is 19.2 Å². The molecule has 0 saturated carbocycles. The molecule has 68 valence electrons. The lowest BCUT2D eigenvalue weighted by molar-refractivity contribution is 0.151. The van der Waals surface area contributed by atoms with Crippen LogP contribution in [-0.2, 0) is 4.84 Å². The second-order valence-electron chi connectivity index (χ2n) is 2.10. The predicted molar refractivity (Wildman–Crippen MR) is 50.8 cm³/mol. The number of rotatable bonds is 4. The topological polar surface area (TPSA) is 72.3 Å².